The average molecular weight is 260 g/mol. The van der Waals surface area contributed by atoms with Crippen LogP contribution in [0.15, 0.2) is 17.0 Å². The molecule has 0 aromatic heterocycles. The molecule has 0 radical (unpaired) electrons. The van der Waals surface area contributed by atoms with E-state index in [0.29, 0.717) is 0 Å². The molecule has 3 nitrogen and oxygen atoms in total. The van der Waals surface area contributed by atoms with E-state index in [4.69, 9.17) is 10.7 Å². The topological polar surface area (TPSA) is 46.2 Å². The summed E-state index contributed by atoms with van der Waals surface area (Å²) in [6.45, 7) is 0. The van der Waals surface area contributed by atoms with Gasteiger partial charge in [-0.3, -0.25) is 0 Å². The van der Waals surface area contributed by atoms with Crippen molar-refractivity contribution in [3.05, 3.63) is 23.3 Å². The van der Waals surface area contributed by atoms with Gasteiger partial charge in [0.2, 0.25) is 0 Å². The summed E-state index contributed by atoms with van der Waals surface area (Å²) < 4.78 is 22.6. The number of fused-ring (bicyclic) bond motifs is 1. The van der Waals surface area contributed by atoms with Crippen molar-refractivity contribution in [1.82, 2.24) is 0 Å². The van der Waals surface area contributed by atoms with Crippen LogP contribution in [0.25, 0.3) is 0 Å². The molecule has 0 unspecified atom stereocenters. The van der Waals surface area contributed by atoms with Crippen molar-refractivity contribution in [3.8, 4) is 0 Å². The summed E-state index contributed by atoms with van der Waals surface area (Å²) >= 11 is 0. The molecule has 1 aromatic rings. The number of hydrogen-bond donors (Lipinski definition) is 1. The second kappa shape index (κ2) is 4.26. The first kappa shape index (κ1) is 11.7. The van der Waals surface area contributed by atoms with Crippen molar-refractivity contribution >= 4 is 25.4 Å². The van der Waals surface area contributed by atoms with E-state index < -0.39 is 9.05 Å². The summed E-state index contributed by atoms with van der Waals surface area (Å²) in [6.07, 6.45) is 4.22. The summed E-state index contributed by atoms with van der Waals surface area (Å²) in [7, 11) is 3.54. The van der Waals surface area contributed by atoms with Gasteiger partial charge in [0.05, 0.1) is 4.90 Å². The molecular weight excluding hydrogens is 246 g/mol. The Morgan fingerprint density at radius 3 is 2.56 bits per heavy atom. The normalized spacial score (nSPS) is 15.6. The molecular formula is C11H14ClNO2S. The van der Waals surface area contributed by atoms with Crippen molar-refractivity contribution in [2.45, 2.75) is 30.6 Å². The molecule has 0 aliphatic heterocycles. The highest BCUT2D eigenvalue weighted by atomic mass is 35.7. The molecule has 0 saturated heterocycles. The van der Waals surface area contributed by atoms with Gasteiger partial charge in [-0.05, 0) is 48.9 Å². The van der Waals surface area contributed by atoms with Gasteiger partial charge in [-0.25, -0.2) is 8.42 Å². The lowest BCUT2D eigenvalue weighted by Gasteiger charge is -2.20. The second-order valence-corrected chi connectivity index (χ2v) is 6.57. The summed E-state index contributed by atoms with van der Waals surface area (Å²) in [4.78, 5) is 0.194. The van der Waals surface area contributed by atoms with Crippen LogP contribution in [0.4, 0.5) is 5.69 Å². The molecule has 0 amide bonds. The van der Waals surface area contributed by atoms with Gasteiger partial charge < -0.3 is 5.32 Å². The zero-order chi connectivity index (χ0) is 11.8. The Morgan fingerprint density at radius 1 is 1.25 bits per heavy atom. The third kappa shape index (κ3) is 2.18. The van der Waals surface area contributed by atoms with Crippen LogP contribution in [-0.4, -0.2) is 15.5 Å². The Kier molecular flexibility index (Phi) is 3.13. The van der Waals surface area contributed by atoms with Crippen LogP contribution in [-0.2, 0) is 21.9 Å². The lowest BCUT2D eigenvalue weighted by atomic mass is 9.90. The number of nitrogens with one attached hydrogen (secondary N) is 1. The minimum atomic E-state index is -3.64. The largest absolute Gasteiger partial charge is 0.388 e. The first-order valence-corrected chi connectivity index (χ1v) is 7.61. The van der Waals surface area contributed by atoms with Gasteiger partial charge in [0.1, 0.15) is 0 Å². The Bertz CT molecular complexity index is 494. The van der Waals surface area contributed by atoms with E-state index in [9.17, 15) is 8.42 Å². The van der Waals surface area contributed by atoms with E-state index in [0.717, 1.165) is 36.9 Å². The van der Waals surface area contributed by atoms with Crippen LogP contribution in [0.5, 0.6) is 0 Å². The standard InChI is InChI=1S/C11H14ClNO2S/c1-13-11-7-9(16(12,14)15)6-8-4-2-3-5-10(8)11/h6-7,13H,2-5H2,1H3. The highest BCUT2D eigenvalue weighted by Crippen LogP contribution is 2.31. The second-order valence-electron chi connectivity index (χ2n) is 4.00. The SMILES string of the molecule is CNc1cc(S(=O)(=O)Cl)cc2c1CCCC2. The maximum atomic E-state index is 11.3. The Labute approximate surface area is 100 Å². The van der Waals surface area contributed by atoms with Crippen LogP contribution in [0, 0.1) is 0 Å². The lowest BCUT2D eigenvalue weighted by Crippen LogP contribution is -2.08. The number of rotatable bonds is 2. The molecule has 0 spiro atoms. The number of halogens is 1. The van der Waals surface area contributed by atoms with Crippen LogP contribution in [0.1, 0.15) is 24.0 Å². The van der Waals surface area contributed by atoms with Gasteiger partial charge >= 0.3 is 0 Å². The van der Waals surface area contributed by atoms with Crippen molar-refractivity contribution in [2.24, 2.45) is 0 Å². The third-order valence-electron chi connectivity index (χ3n) is 2.99. The zero-order valence-electron chi connectivity index (χ0n) is 9.09. The first-order valence-electron chi connectivity index (χ1n) is 5.30. The first-order chi connectivity index (χ1) is 7.52. The molecule has 16 heavy (non-hydrogen) atoms. The predicted molar refractivity (Wildman–Crippen MR) is 65.7 cm³/mol. The van der Waals surface area contributed by atoms with E-state index >= 15 is 0 Å². The van der Waals surface area contributed by atoms with Gasteiger partial charge in [-0.1, -0.05) is 0 Å². The highest BCUT2D eigenvalue weighted by Gasteiger charge is 2.18. The maximum absolute atomic E-state index is 11.3. The highest BCUT2D eigenvalue weighted by molar-refractivity contribution is 8.13. The van der Waals surface area contributed by atoms with Gasteiger partial charge in [-0.2, -0.15) is 0 Å². The number of aryl methyl sites for hydroxylation is 1. The third-order valence-corrected chi connectivity index (χ3v) is 4.32. The van der Waals surface area contributed by atoms with Crippen LogP contribution < -0.4 is 5.32 Å². The van der Waals surface area contributed by atoms with E-state index in [-0.39, 0.29) is 4.90 Å². The minimum absolute atomic E-state index is 0.194. The van der Waals surface area contributed by atoms with Crippen molar-refractivity contribution in [1.29, 1.82) is 0 Å². The van der Waals surface area contributed by atoms with E-state index in [1.165, 1.54) is 5.56 Å². The summed E-state index contributed by atoms with van der Waals surface area (Å²) in [6, 6.07) is 3.32. The van der Waals surface area contributed by atoms with Crippen molar-refractivity contribution in [2.75, 3.05) is 12.4 Å². The van der Waals surface area contributed by atoms with E-state index in [1.807, 2.05) is 0 Å². The molecule has 0 fully saturated rings. The lowest BCUT2D eigenvalue weighted by molar-refractivity contribution is 0.609. The molecule has 88 valence electrons. The Balaban J connectivity index is 2.61. The van der Waals surface area contributed by atoms with Gasteiger partial charge in [0.25, 0.3) is 9.05 Å². The smallest absolute Gasteiger partial charge is 0.261 e. The van der Waals surface area contributed by atoms with Crippen LogP contribution in [0.2, 0.25) is 0 Å². The summed E-state index contributed by atoms with van der Waals surface area (Å²) in [5.41, 5.74) is 3.23. The minimum Gasteiger partial charge on any atom is -0.388 e. The fourth-order valence-electron chi connectivity index (χ4n) is 2.20. The fourth-order valence-corrected chi connectivity index (χ4v) is 3.01. The monoisotopic (exact) mass is 259 g/mol. The molecule has 5 heteroatoms. The van der Waals surface area contributed by atoms with Gasteiger partial charge in [-0.15, -0.1) is 0 Å². The fraction of sp³-hybridized carbons (Fsp3) is 0.455. The summed E-state index contributed by atoms with van der Waals surface area (Å²) in [5, 5.41) is 3.04. The molecule has 1 aliphatic rings. The number of hydrogen-bond acceptors (Lipinski definition) is 3. The molecule has 2 rings (SSSR count). The quantitative estimate of drug-likeness (QED) is 0.831. The Morgan fingerprint density at radius 2 is 1.94 bits per heavy atom. The zero-order valence-corrected chi connectivity index (χ0v) is 10.7. The molecule has 1 aromatic carbocycles. The van der Waals surface area contributed by atoms with Crippen LogP contribution >= 0.6 is 10.7 Å². The van der Waals surface area contributed by atoms with Crippen molar-refractivity contribution < 1.29 is 8.42 Å². The summed E-state index contributed by atoms with van der Waals surface area (Å²) in [5.74, 6) is 0. The Hall–Kier alpha value is -0.740. The number of benzene rings is 1. The number of anilines is 1. The van der Waals surface area contributed by atoms with Gasteiger partial charge in [0, 0.05) is 23.4 Å². The van der Waals surface area contributed by atoms with Crippen molar-refractivity contribution in [3.63, 3.8) is 0 Å². The average Bonchev–Trinajstić information content (AvgIpc) is 2.26. The van der Waals surface area contributed by atoms with E-state index in [1.54, 1.807) is 19.2 Å². The molecule has 0 atom stereocenters. The predicted octanol–water partition coefficient (Wildman–Crippen LogP) is 2.53. The van der Waals surface area contributed by atoms with Gasteiger partial charge in [0.15, 0.2) is 0 Å². The molecule has 0 heterocycles. The molecule has 0 saturated carbocycles. The molecule has 1 aliphatic carbocycles. The van der Waals surface area contributed by atoms with Crippen LogP contribution in [0.3, 0.4) is 0 Å². The molecule has 1 N–H and O–H groups in total. The molecule has 0 bridgehead atoms. The maximum Gasteiger partial charge on any atom is 0.261 e. The van der Waals surface area contributed by atoms with E-state index in [2.05, 4.69) is 5.32 Å².